The molecular weight excluding hydrogens is 282 g/mol. The van der Waals surface area contributed by atoms with Gasteiger partial charge in [-0.2, -0.15) is 0 Å². The molecule has 3 aromatic rings. The largest absolute Gasteiger partial charge is 0.480 e. The summed E-state index contributed by atoms with van der Waals surface area (Å²) in [5.41, 5.74) is 0.747. The van der Waals surface area contributed by atoms with Crippen molar-refractivity contribution in [1.29, 1.82) is 0 Å². The molecule has 2 N–H and O–H groups in total. The monoisotopic (exact) mass is 295 g/mol. The van der Waals surface area contributed by atoms with Crippen molar-refractivity contribution in [3.63, 3.8) is 0 Å². The van der Waals surface area contributed by atoms with Crippen LogP contribution >= 0.6 is 0 Å². The molecule has 1 aliphatic rings. The summed E-state index contributed by atoms with van der Waals surface area (Å²) in [6.07, 6.45) is 0.780. The molecule has 0 spiro atoms. The van der Waals surface area contributed by atoms with Gasteiger partial charge in [-0.1, -0.05) is 18.2 Å². The van der Waals surface area contributed by atoms with E-state index < -0.39 is 17.3 Å². The molecule has 1 saturated carbocycles. The number of carbonyl (C=O) groups is 2. The van der Waals surface area contributed by atoms with Gasteiger partial charge >= 0.3 is 5.97 Å². The van der Waals surface area contributed by atoms with Crippen LogP contribution in [0.1, 0.15) is 12.8 Å². The number of carboxylic acid groups (broad SMARTS) is 1. The quantitative estimate of drug-likeness (QED) is 0.726. The van der Waals surface area contributed by atoms with Crippen LogP contribution in [0, 0.1) is 5.41 Å². The number of rotatable bonds is 3. The van der Waals surface area contributed by atoms with Gasteiger partial charge in [0.25, 0.3) is 0 Å². The number of anilines is 1. The number of hydrogen-bond acceptors (Lipinski definition) is 3. The number of carbonyl (C=O) groups excluding carboxylic acids is 1. The molecule has 0 aliphatic heterocycles. The highest BCUT2D eigenvalue weighted by Crippen LogP contribution is 2.46. The zero-order chi connectivity index (χ0) is 15.3. The number of hydrogen-bond donors (Lipinski definition) is 2. The lowest BCUT2D eigenvalue weighted by atomic mass is 10.1. The van der Waals surface area contributed by atoms with Crippen molar-refractivity contribution in [2.24, 2.45) is 5.41 Å². The molecule has 5 heteroatoms. The molecule has 1 amide bonds. The standard InChI is InChI=1S/C17H13NO4/c19-15(17(7-8-17)16(20)21)18-10-5-6-12-11-3-1-2-4-13(11)22-14(12)9-10/h1-6,9H,7-8H2,(H,18,19)(H,20,21). The maximum Gasteiger partial charge on any atom is 0.319 e. The van der Waals surface area contributed by atoms with Crippen LogP contribution in [-0.4, -0.2) is 17.0 Å². The zero-order valence-corrected chi connectivity index (χ0v) is 11.6. The number of nitrogens with one attached hydrogen (secondary N) is 1. The Morgan fingerprint density at radius 2 is 1.77 bits per heavy atom. The number of benzene rings is 2. The third-order valence-corrected chi connectivity index (χ3v) is 4.23. The molecule has 1 heterocycles. The number of aliphatic carboxylic acids is 1. The van der Waals surface area contributed by atoms with Crippen LogP contribution < -0.4 is 5.32 Å². The van der Waals surface area contributed by atoms with Crippen LogP contribution in [-0.2, 0) is 9.59 Å². The molecule has 22 heavy (non-hydrogen) atoms. The van der Waals surface area contributed by atoms with E-state index in [9.17, 15) is 9.59 Å². The fourth-order valence-corrected chi connectivity index (χ4v) is 2.72. The highest BCUT2D eigenvalue weighted by Gasteiger charge is 2.57. The Balaban J connectivity index is 1.70. The van der Waals surface area contributed by atoms with Crippen molar-refractivity contribution in [3.8, 4) is 0 Å². The molecule has 2 aromatic carbocycles. The lowest BCUT2D eigenvalue weighted by Crippen LogP contribution is -2.31. The van der Waals surface area contributed by atoms with E-state index in [0.29, 0.717) is 24.1 Å². The molecule has 1 fully saturated rings. The summed E-state index contributed by atoms with van der Waals surface area (Å²) in [4.78, 5) is 23.3. The van der Waals surface area contributed by atoms with Gasteiger partial charge in [-0.3, -0.25) is 9.59 Å². The molecule has 4 rings (SSSR count). The lowest BCUT2D eigenvalue weighted by molar-refractivity contribution is -0.147. The lowest BCUT2D eigenvalue weighted by Gasteiger charge is -2.10. The van der Waals surface area contributed by atoms with Crippen LogP contribution in [0.25, 0.3) is 21.9 Å². The van der Waals surface area contributed by atoms with Gasteiger partial charge in [0.05, 0.1) is 0 Å². The van der Waals surface area contributed by atoms with Crippen LogP contribution in [0.4, 0.5) is 5.69 Å². The summed E-state index contributed by atoms with van der Waals surface area (Å²) in [5, 5.41) is 13.8. The van der Waals surface area contributed by atoms with E-state index in [1.54, 1.807) is 12.1 Å². The molecule has 0 radical (unpaired) electrons. The molecule has 0 saturated heterocycles. The van der Waals surface area contributed by atoms with E-state index in [0.717, 1.165) is 16.4 Å². The number of furan rings is 1. The minimum absolute atomic E-state index is 0.390. The third-order valence-electron chi connectivity index (χ3n) is 4.23. The van der Waals surface area contributed by atoms with Crippen LogP contribution in [0.3, 0.4) is 0 Å². The van der Waals surface area contributed by atoms with Gasteiger partial charge in [0.15, 0.2) is 0 Å². The Labute approximate surface area is 125 Å². The first kappa shape index (κ1) is 12.9. The molecule has 1 aliphatic carbocycles. The Hall–Kier alpha value is -2.82. The third kappa shape index (κ3) is 1.79. The van der Waals surface area contributed by atoms with Gasteiger partial charge in [-0.05, 0) is 31.0 Å². The van der Waals surface area contributed by atoms with Gasteiger partial charge in [0.2, 0.25) is 5.91 Å². The fourth-order valence-electron chi connectivity index (χ4n) is 2.72. The Kier molecular flexibility index (Phi) is 2.54. The molecule has 1 aromatic heterocycles. The summed E-state index contributed by atoms with van der Waals surface area (Å²) in [7, 11) is 0. The first-order valence-electron chi connectivity index (χ1n) is 7.06. The van der Waals surface area contributed by atoms with Gasteiger partial charge < -0.3 is 14.8 Å². The molecule has 5 nitrogen and oxygen atoms in total. The van der Waals surface area contributed by atoms with Crippen LogP contribution in [0.2, 0.25) is 0 Å². The SMILES string of the molecule is O=C(O)C1(C(=O)Nc2ccc3c(c2)oc2ccccc23)CC1. The van der Waals surface area contributed by atoms with Crippen molar-refractivity contribution in [3.05, 3.63) is 42.5 Å². The first-order valence-corrected chi connectivity index (χ1v) is 7.06. The Bertz CT molecular complexity index is 921. The van der Waals surface area contributed by atoms with E-state index in [2.05, 4.69) is 5.32 Å². The van der Waals surface area contributed by atoms with E-state index >= 15 is 0 Å². The van der Waals surface area contributed by atoms with Gasteiger partial charge in [0.1, 0.15) is 16.6 Å². The average Bonchev–Trinajstić information content (AvgIpc) is 3.24. The zero-order valence-electron chi connectivity index (χ0n) is 11.6. The predicted octanol–water partition coefficient (Wildman–Crippen LogP) is 3.39. The van der Waals surface area contributed by atoms with E-state index in [4.69, 9.17) is 9.52 Å². The van der Waals surface area contributed by atoms with Gasteiger partial charge in [-0.25, -0.2) is 0 Å². The van der Waals surface area contributed by atoms with Crippen molar-refractivity contribution < 1.29 is 19.1 Å². The minimum Gasteiger partial charge on any atom is -0.480 e. The number of amides is 1. The summed E-state index contributed by atoms with van der Waals surface area (Å²) in [6, 6.07) is 13.1. The van der Waals surface area contributed by atoms with E-state index in [-0.39, 0.29) is 0 Å². The minimum atomic E-state index is -1.25. The van der Waals surface area contributed by atoms with Crippen molar-refractivity contribution in [1.82, 2.24) is 0 Å². The first-order chi connectivity index (χ1) is 10.6. The average molecular weight is 295 g/mol. The summed E-state index contributed by atoms with van der Waals surface area (Å²) < 4.78 is 5.76. The van der Waals surface area contributed by atoms with Gasteiger partial charge in [0, 0.05) is 22.5 Å². The maximum atomic E-state index is 12.1. The number of para-hydroxylation sites is 1. The summed E-state index contributed by atoms with van der Waals surface area (Å²) in [5.74, 6) is -1.52. The molecule has 0 atom stereocenters. The second-order valence-corrected chi connectivity index (χ2v) is 5.65. The normalized spacial score (nSPS) is 15.8. The van der Waals surface area contributed by atoms with Gasteiger partial charge in [-0.15, -0.1) is 0 Å². The Morgan fingerprint density at radius 3 is 2.50 bits per heavy atom. The Morgan fingerprint density at radius 1 is 1.05 bits per heavy atom. The van der Waals surface area contributed by atoms with Crippen molar-refractivity contribution in [2.75, 3.05) is 5.32 Å². The maximum absolute atomic E-state index is 12.1. The smallest absolute Gasteiger partial charge is 0.319 e. The van der Waals surface area contributed by atoms with E-state index in [1.807, 2.05) is 30.3 Å². The molecule has 110 valence electrons. The summed E-state index contributed by atoms with van der Waals surface area (Å²) in [6.45, 7) is 0. The van der Waals surface area contributed by atoms with E-state index in [1.165, 1.54) is 0 Å². The highest BCUT2D eigenvalue weighted by molar-refractivity contribution is 6.12. The summed E-state index contributed by atoms with van der Waals surface area (Å²) >= 11 is 0. The van der Waals surface area contributed by atoms with Crippen molar-refractivity contribution in [2.45, 2.75) is 12.8 Å². The number of carboxylic acids is 1. The molecule has 0 unspecified atom stereocenters. The predicted molar refractivity (Wildman–Crippen MR) is 81.7 cm³/mol. The van der Waals surface area contributed by atoms with Crippen LogP contribution in [0.5, 0.6) is 0 Å². The number of fused-ring (bicyclic) bond motifs is 3. The highest BCUT2D eigenvalue weighted by atomic mass is 16.4. The topological polar surface area (TPSA) is 79.5 Å². The second kappa shape index (κ2) is 4.34. The van der Waals surface area contributed by atoms with Crippen LogP contribution in [0.15, 0.2) is 46.9 Å². The molecule has 0 bridgehead atoms. The molecular formula is C17H13NO4. The fraction of sp³-hybridized carbons (Fsp3) is 0.176. The van der Waals surface area contributed by atoms with Crippen molar-refractivity contribution >= 4 is 39.5 Å². The second-order valence-electron chi connectivity index (χ2n) is 5.65.